The van der Waals surface area contributed by atoms with Crippen molar-refractivity contribution in [2.24, 2.45) is 0 Å². The van der Waals surface area contributed by atoms with Crippen molar-refractivity contribution < 1.29 is 44.7 Å². The van der Waals surface area contributed by atoms with Gasteiger partial charge in [0.25, 0.3) is 0 Å². The average molecular weight is 541 g/mol. The van der Waals surface area contributed by atoms with Gasteiger partial charge in [0.1, 0.15) is 17.7 Å². The van der Waals surface area contributed by atoms with E-state index in [1.165, 1.54) is 17.9 Å². The number of halogens is 8. The van der Waals surface area contributed by atoms with Crippen LogP contribution in [-0.4, -0.2) is 17.0 Å². The minimum absolute atomic E-state index is 0.0354. The Morgan fingerprint density at radius 1 is 0.816 bits per heavy atom. The van der Waals surface area contributed by atoms with E-state index in [4.69, 9.17) is 4.74 Å². The van der Waals surface area contributed by atoms with Gasteiger partial charge in [0, 0.05) is 5.56 Å². The molecule has 0 saturated carbocycles. The Bertz CT molecular complexity index is 1420. The van der Waals surface area contributed by atoms with E-state index >= 15 is 0 Å². The number of ether oxygens (including phenoxy) is 1. The minimum atomic E-state index is -4.75. The number of hydrogen-bond acceptors (Lipinski definition) is 2. The molecule has 2 aliphatic heterocycles. The number of fused-ring (bicyclic) bond motifs is 1. The number of carbonyl (C=O) groups is 1. The van der Waals surface area contributed by atoms with Crippen molar-refractivity contribution >= 4 is 6.09 Å². The Labute approximate surface area is 211 Å². The van der Waals surface area contributed by atoms with Crippen molar-refractivity contribution in [3.8, 4) is 11.1 Å². The lowest BCUT2D eigenvalue weighted by Gasteiger charge is -2.26. The third-order valence-corrected chi connectivity index (χ3v) is 6.93. The molecule has 3 aromatic carbocycles. The SMILES string of the molecule is Cc1cc(C2OC(=O)N3[C@H](c4cc(C(F)(F)F)ccc4-c4cc(F)ccc4F)CC[C@@H]23)cc(C(F)(F)F)c1. The Kier molecular flexibility index (Phi) is 6.15. The van der Waals surface area contributed by atoms with E-state index in [-0.39, 0.29) is 35.1 Å². The fourth-order valence-electron chi connectivity index (χ4n) is 5.35. The number of benzene rings is 3. The highest BCUT2D eigenvalue weighted by Crippen LogP contribution is 2.50. The fraction of sp³-hybridized carbons (Fsp3) is 0.296. The van der Waals surface area contributed by atoms with Crippen LogP contribution in [0.2, 0.25) is 0 Å². The molecule has 200 valence electrons. The molecule has 1 unspecified atom stereocenters. The molecule has 2 heterocycles. The molecule has 11 heteroatoms. The average Bonchev–Trinajstić information content (AvgIpc) is 3.40. The predicted molar refractivity (Wildman–Crippen MR) is 120 cm³/mol. The highest BCUT2D eigenvalue weighted by Gasteiger charge is 2.51. The molecule has 0 spiro atoms. The summed E-state index contributed by atoms with van der Waals surface area (Å²) < 4.78 is 115. The van der Waals surface area contributed by atoms with E-state index in [0.29, 0.717) is 5.56 Å². The summed E-state index contributed by atoms with van der Waals surface area (Å²) in [6, 6.07) is 6.66. The number of cyclic esters (lactones) is 1. The third-order valence-electron chi connectivity index (χ3n) is 6.93. The molecule has 3 aromatic rings. The smallest absolute Gasteiger partial charge is 0.416 e. The number of nitrogens with zero attached hydrogens (tertiary/aromatic N) is 1. The lowest BCUT2D eigenvalue weighted by molar-refractivity contribution is -0.138. The molecule has 3 nitrogen and oxygen atoms in total. The summed E-state index contributed by atoms with van der Waals surface area (Å²) in [6.45, 7) is 1.47. The second-order valence-corrected chi connectivity index (χ2v) is 9.43. The largest absolute Gasteiger partial charge is 0.439 e. The van der Waals surface area contributed by atoms with E-state index in [0.717, 1.165) is 48.5 Å². The summed E-state index contributed by atoms with van der Waals surface area (Å²) in [6.07, 6.45) is -11.1. The van der Waals surface area contributed by atoms with Crippen molar-refractivity contribution in [1.29, 1.82) is 0 Å². The summed E-state index contributed by atoms with van der Waals surface area (Å²) >= 11 is 0. The first-order chi connectivity index (χ1) is 17.7. The molecule has 0 aromatic heterocycles. The Balaban J connectivity index is 1.59. The highest BCUT2D eigenvalue weighted by atomic mass is 19.4. The molecule has 38 heavy (non-hydrogen) atoms. The standard InChI is InChI=1S/C27H19F8NO2/c1-13-8-14(10-16(9-13)27(33,34)35)24-23-7-6-22(36(23)25(37)38-24)20-11-15(26(30,31)32)2-4-18(20)19-12-17(28)3-5-21(19)29/h2-5,8-12,22-24H,6-7H2,1H3/t22-,23-,24?/m0/s1. The number of alkyl halides is 6. The van der Waals surface area contributed by atoms with Crippen LogP contribution in [0, 0.1) is 18.6 Å². The molecule has 1 amide bonds. The van der Waals surface area contributed by atoms with Crippen molar-refractivity contribution in [3.63, 3.8) is 0 Å². The maximum absolute atomic E-state index is 14.7. The molecule has 2 aliphatic rings. The number of amides is 1. The van der Waals surface area contributed by atoms with Crippen LogP contribution >= 0.6 is 0 Å². The molecular formula is C27H19F8NO2. The van der Waals surface area contributed by atoms with Gasteiger partial charge in [0.05, 0.1) is 23.2 Å². The van der Waals surface area contributed by atoms with Gasteiger partial charge in [0.15, 0.2) is 0 Å². The number of rotatable bonds is 3. The first-order valence-corrected chi connectivity index (χ1v) is 11.6. The zero-order chi connectivity index (χ0) is 27.6. The maximum atomic E-state index is 14.7. The summed E-state index contributed by atoms with van der Waals surface area (Å²) in [5.74, 6) is -1.68. The van der Waals surface area contributed by atoms with Crippen LogP contribution in [0.3, 0.4) is 0 Å². The van der Waals surface area contributed by atoms with Gasteiger partial charge in [0.2, 0.25) is 0 Å². The van der Waals surface area contributed by atoms with Gasteiger partial charge in [-0.2, -0.15) is 26.3 Å². The molecule has 5 rings (SSSR count). The number of aryl methyl sites for hydroxylation is 1. The van der Waals surface area contributed by atoms with Crippen LogP contribution in [0.25, 0.3) is 11.1 Å². The van der Waals surface area contributed by atoms with Crippen LogP contribution in [0.1, 0.15) is 52.8 Å². The van der Waals surface area contributed by atoms with Gasteiger partial charge < -0.3 is 4.74 Å². The molecule has 2 fully saturated rings. The topological polar surface area (TPSA) is 29.5 Å². The minimum Gasteiger partial charge on any atom is -0.439 e. The van der Waals surface area contributed by atoms with Gasteiger partial charge in [-0.05, 0) is 78.9 Å². The van der Waals surface area contributed by atoms with E-state index in [2.05, 4.69) is 0 Å². The molecule has 3 atom stereocenters. The Hall–Kier alpha value is -3.63. The lowest BCUT2D eigenvalue weighted by Crippen LogP contribution is -2.31. The highest BCUT2D eigenvalue weighted by molar-refractivity contribution is 5.75. The normalized spacial score (nSPS) is 21.6. The van der Waals surface area contributed by atoms with Crippen molar-refractivity contribution in [3.05, 3.63) is 94.0 Å². The van der Waals surface area contributed by atoms with Crippen LogP contribution in [0.4, 0.5) is 39.9 Å². The molecule has 0 aliphatic carbocycles. The van der Waals surface area contributed by atoms with E-state index in [9.17, 15) is 39.9 Å². The monoisotopic (exact) mass is 541 g/mol. The Morgan fingerprint density at radius 3 is 2.21 bits per heavy atom. The number of hydrogen-bond donors (Lipinski definition) is 0. The quantitative estimate of drug-likeness (QED) is 0.312. The van der Waals surface area contributed by atoms with Crippen LogP contribution < -0.4 is 0 Å². The van der Waals surface area contributed by atoms with Gasteiger partial charge in [-0.15, -0.1) is 0 Å². The zero-order valence-electron chi connectivity index (χ0n) is 19.6. The van der Waals surface area contributed by atoms with E-state index in [1.807, 2.05) is 0 Å². The maximum Gasteiger partial charge on any atom is 0.416 e. The zero-order valence-corrected chi connectivity index (χ0v) is 19.6. The van der Waals surface area contributed by atoms with Gasteiger partial charge >= 0.3 is 18.4 Å². The second kappa shape index (κ2) is 8.99. The first kappa shape index (κ1) is 26.0. The van der Waals surface area contributed by atoms with E-state index in [1.54, 1.807) is 0 Å². The summed E-state index contributed by atoms with van der Waals surface area (Å²) in [5, 5.41) is 0. The van der Waals surface area contributed by atoms with E-state index < -0.39 is 59.4 Å². The first-order valence-electron chi connectivity index (χ1n) is 11.6. The van der Waals surface area contributed by atoms with Crippen molar-refractivity contribution in [1.82, 2.24) is 4.90 Å². The fourth-order valence-corrected chi connectivity index (χ4v) is 5.35. The van der Waals surface area contributed by atoms with Gasteiger partial charge in [-0.3, -0.25) is 4.90 Å². The number of carbonyl (C=O) groups excluding carboxylic acids is 1. The van der Waals surface area contributed by atoms with Crippen molar-refractivity contribution in [2.45, 2.75) is 50.3 Å². The molecule has 2 saturated heterocycles. The van der Waals surface area contributed by atoms with Crippen LogP contribution in [-0.2, 0) is 17.1 Å². The molecule has 0 bridgehead atoms. The molecular weight excluding hydrogens is 522 g/mol. The van der Waals surface area contributed by atoms with Crippen LogP contribution in [0.15, 0.2) is 54.6 Å². The van der Waals surface area contributed by atoms with Crippen LogP contribution in [0.5, 0.6) is 0 Å². The molecule has 0 N–H and O–H groups in total. The van der Waals surface area contributed by atoms with Gasteiger partial charge in [-0.1, -0.05) is 17.7 Å². The van der Waals surface area contributed by atoms with Gasteiger partial charge in [-0.25, -0.2) is 13.6 Å². The van der Waals surface area contributed by atoms with Crippen molar-refractivity contribution in [2.75, 3.05) is 0 Å². The third kappa shape index (κ3) is 4.58. The second-order valence-electron chi connectivity index (χ2n) is 9.43. The Morgan fingerprint density at radius 2 is 1.53 bits per heavy atom. The molecule has 0 radical (unpaired) electrons. The summed E-state index contributed by atoms with van der Waals surface area (Å²) in [4.78, 5) is 14.2. The predicted octanol–water partition coefficient (Wildman–Crippen LogP) is 8.37. The lowest BCUT2D eigenvalue weighted by atomic mass is 9.91. The summed E-state index contributed by atoms with van der Waals surface area (Å²) in [5.41, 5.74) is -1.95. The summed E-state index contributed by atoms with van der Waals surface area (Å²) in [7, 11) is 0.